The van der Waals surface area contributed by atoms with E-state index < -0.39 is 0 Å². The van der Waals surface area contributed by atoms with Crippen LogP contribution in [0.2, 0.25) is 0 Å². The maximum absolute atomic E-state index is 5.61. The number of pyridine rings is 1. The molecule has 2 N–H and O–H groups in total. The van der Waals surface area contributed by atoms with E-state index in [9.17, 15) is 0 Å². The Balaban J connectivity index is 2.90. The van der Waals surface area contributed by atoms with Crippen molar-refractivity contribution in [1.82, 2.24) is 14.5 Å². The first-order valence-electron chi connectivity index (χ1n) is 4.82. The SMILES string of the molecule is C=Cc1c(C)ncc2nc(CN)n(C)c12. The smallest absolute Gasteiger partial charge is 0.123 e. The third-order valence-electron chi connectivity index (χ3n) is 2.63. The van der Waals surface area contributed by atoms with E-state index in [1.54, 1.807) is 6.20 Å². The van der Waals surface area contributed by atoms with Gasteiger partial charge in [-0.2, -0.15) is 0 Å². The second-order valence-corrected chi connectivity index (χ2v) is 3.49. The fourth-order valence-electron chi connectivity index (χ4n) is 1.80. The minimum Gasteiger partial charge on any atom is -0.329 e. The van der Waals surface area contributed by atoms with Crippen LogP contribution in [-0.4, -0.2) is 14.5 Å². The molecule has 0 spiro atoms. The Hall–Kier alpha value is -1.68. The lowest BCUT2D eigenvalue weighted by Gasteiger charge is -2.04. The zero-order chi connectivity index (χ0) is 11.0. The van der Waals surface area contributed by atoms with Crippen molar-refractivity contribution in [2.45, 2.75) is 13.5 Å². The molecule has 0 saturated carbocycles. The minimum atomic E-state index is 0.431. The van der Waals surface area contributed by atoms with Crippen LogP contribution in [0.25, 0.3) is 17.1 Å². The molecular formula is C11H14N4. The van der Waals surface area contributed by atoms with Crippen LogP contribution in [0.1, 0.15) is 17.1 Å². The van der Waals surface area contributed by atoms with Crippen molar-refractivity contribution in [2.24, 2.45) is 12.8 Å². The summed E-state index contributed by atoms with van der Waals surface area (Å²) in [6.45, 7) is 6.20. The van der Waals surface area contributed by atoms with Gasteiger partial charge < -0.3 is 10.3 Å². The van der Waals surface area contributed by atoms with Gasteiger partial charge in [-0.15, -0.1) is 0 Å². The molecule has 4 heteroatoms. The number of hydrogen-bond acceptors (Lipinski definition) is 3. The topological polar surface area (TPSA) is 56.7 Å². The van der Waals surface area contributed by atoms with E-state index in [4.69, 9.17) is 5.73 Å². The van der Waals surface area contributed by atoms with Crippen LogP contribution >= 0.6 is 0 Å². The number of hydrogen-bond donors (Lipinski definition) is 1. The van der Waals surface area contributed by atoms with E-state index in [-0.39, 0.29) is 0 Å². The standard InChI is InChI=1S/C11H14N4/c1-4-8-7(2)13-6-9-11(8)15(3)10(5-12)14-9/h4,6H,1,5,12H2,2-3H3. The Morgan fingerprint density at radius 2 is 2.33 bits per heavy atom. The minimum absolute atomic E-state index is 0.431. The molecule has 0 aliphatic heterocycles. The second kappa shape index (κ2) is 3.47. The fourth-order valence-corrected chi connectivity index (χ4v) is 1.80. The molecule has 0 atom stereocenters. The van der Waals surface area contributed by atoms with E-state index in [2.05, 4.69) is 16.5 Å². The molecule has 0 bridgehead atoms. The van der Waals surface area contributed by atoms with Crippen LogP contribution in [0.3, 0.4) is 0 Å². The van der Waals surface area contributed by atoms with Gasteiger partial charge >= 0.3 is 0 Å². The van der Waals surface area contributed by atoms with Crippen molar-refractivity contribution < 1.29 is 0 Å². The monoisotopic (exact) mass is 202 g/mol. The summed E-state index contributed by atoms with van der Waals surface area (Å²) >= 11 is 0. The fraction of sp³-hybridized carbons (Fsp3) is 0.273. The Morgan fingerprint density at radius 3 is 2.93 bits per heavy atom. The molecule has 0 fully saturated rings. The summed E-state index contributed by atoms with van der Waals surface area (Å²) in [5.74, 6) is 0.862. The zero-order valence-corrected chi connectivity index (χ0v) is 8.99. The van der Waals surface area contributed by atoms with Crippen LogP contribution in [-0.2, 0) is 13.6 Å². The molecular weight excluding hydrogens is 188 g/mol. The zero-order valence-electron chi connectivity index (χ0n) is 8.99. The summed E-state index contributed by atoms with van der Waals surface area (Å²) in [5.41, 5.74) is 9.53. The van der Waals surface area contributed by atoms with Crippen molar-refractivity contribution in [3.05, 3.63) is 29.9 Å². The Morgan fingerprint density at radius 1 is 1.60 bits per heavy atom. The first-order valence-corrected chi connectivity index (χ1v) is 4.82. The van der Waals surface area contributed by atoms with Gasteiger partial charge in [0.25, 0.3) is 0 Å². The van der Waals surface area contributed by atoms with Gasteiger partial charge in [0.1, 0.15) is 11.3 Å². The largest absolute Gasteiger partial charge is 0.329 e. The Labute approximate surface area is 88.4 Å². The molecule has 0 aliphatic rings. The van der Waals surface area contributed by atoms with Gasteiger partial charge in [-0.25, -0.2) is 4.98 Å². The highest BCUT2D eigenvalue weighted by molar-refractivity contribution is 5.85. The van der Waals surface area contributed by atoms with Gasteiger partial charge in [0.15, 0.2) is 0 Å². The number of nitrogens with zero attached hydrogens (tertiary/aromatic N) is 3. The Kier molecular flexibility index (Phi) is 2.28. The van der Waals surface area contributed by atoms with Crippen LogP contribution in [0.5, 0.6) is 0 Å². The number of rotatable bonds is 2. The van der Waals surface area contributed by atoms with Crippen molar-refractivity contribution in [1.29, 1.82) is 0 Å². The highest BCUT2D eigenvalue weighted by atomic mass is 15.1. The van der Waals surface area contributed by atoms with Crippen LogP contribution in [0.4, 0.5) is 0 Å². The summed E-state index contributed by atoms with van der Waals surface area (Å²) in [4.78, 5) is 8.69. The van der Waals surface area contributed by atoms with Crippen molar-refractivity contribution in [2.75, 3.05) is 0 Å². The van der Waals surface area contributed by atoms with Crippen LogP contribution in [0.15, 0.2) is 12.8 Å². The van der Waals surface area contributed by atoms with E-state index >= 15 is 0 Å². The normalized spacial score (nSPS) is 10.9. The van der Waals surface area contributed by atoms with E-state index in [0.29, 0.717) is 6.54 Å². The molecule has 2 heterocycles. The van der Waals surface area contributed by atoms with Gasteiger partial charge in [0.05, 0.1) is 18.3 Å². The highest BCUT2D eigenvalue weighted by Gasteiger charge is 2.11. The molecule has 0 unspecified atom stereocenters. The van der Waals surface area contributed by atoms with Gasteiger partial charge in [0, 0.05) is 18.3 Å². The molecule has 0 aromatic carbocycles. The summed E-state index contributed by atoms with van der Waals surface area (Å²) in [7, 11) is 1.96. The molecule has 2 rings (SSSR count). The van der Waals surface area contributed by atoms with Crippen molar-refractivity contribution in [3.63, 3.8) is 0 Å². The maximum Gasteiger partial charge on any atom is 0.123 e. The number of fused-ring (bicyclic) bond motifs is 1. The van der Waals surface area contributed by atoms with E-state index in [0.717, 1.165) is 28.1 Å². The molecule has 0 radical (unpaired) electrons. The molecule has 0 saturated heterocycles. The third kappa shape index (κ3) is 1.34. The first kappa shape index (κ1) is 9.86. The quantitative estimate of drug-likeness (QED) is 0.800. The Bertz CT molecular complexity index is 525. The predicted octanol–water partition coefficient (Wildman–Crippen LogP) is 1.38. The second-order valence-electron chi connectivity index (χ2n) is 3.49. The van der Waals surface area contributed by atoms with Crippen LogP contribution < -0.4 is 5.73 Å². The summed E-state index contributed by atoms with van der Waals surface area (Å²) in [6, 6.07) is 0. The van der Waals surface area contributed by atoms with Gasteiger partial charge in [0.2, 0.25) is 0 Å². The highest BCUT2D eigenvalue weighted by Crippen LogP contribution is 2.21. The molecule has 0 amide bonds. The van der Waals surface area contributed by atoms with Crippen molar-refractivity contribution >= 4 is 17.1 Å². The molecule has 78 valence electrons. The van der Waals surface area contributed by atoms with Gasteiger partial charge in [-0.05, 0) is 6.92 Å². The van der Waals surface area contributed by atoms with Gasteiger partial charge in [-0.3, -0.25) is 4.98 Å². The summed E-state index contributed by atoms with van der Waals surface area (Å²) < 4.78 is 2.00. The van der Waals surface area contributed by atoms with E-state index in [1.165, 1.54) is 0 Å². The number of aromatic nitrogens is 3. The lowest BCUT2D eigenvalue weighted by Crippen LogP contribution is -2.04. The first-order chi connectivity index (χ1) is 7.19. The molecule has 0 aliphatic carbocycles. The molecule has 4 nitrogen and oxygen atoms in total. The average Bonchev–Trinajstić information content (AvgIpc) is 2.56. The summed E-state index contributed by atoms with van der Waals surface area (Å²) in [6.07, 6.45) is 3.59. The number of aryl methyl sites for hydroxylation is 2. The van der Waals surface area contributed by atoms with Crippen LogP contribution in [0, 0.1) is 6.92 Å². The predicted molar refractivity (Wildman–Crippen MR) is 61.2 cm³/mol. The van der Waals surface area contributed by atoms with Crippen molar-refractivity contribution in [3.8, 4) is 0 Å². The summed E-state index contributed by atoms with van der Waals surface area (Å²) in [5, 5.41) is 0. The molecule has 15 heavy (non-hydrogen) atoms. The maximum atomic E-state index is 5.61. The number of imidazole rings is 1. The van der Waals surface area contributed by atoms with E-state index in [1.807, 2.05) is 24.6 Å². The van der Waals surface area contributed by atoms with Gasteiger partial charge in [-0.1, -0.05) is 12.7 Å². The number of nitrogens with two attached hydrogens (primary N) is 1. The lowest BCUT2D eigenvalue weighted by molar-refractivity contribution is 0.812. The average molecular weight is 202 g/mol. The molecule has 2 aromatic heterocycles. The molecule has 2 aromatic rings. The lowest BCUT2D eigenvalue weighted by atomic mass is 10.2. The third-order valence-corrected chi connectivity index (χ3v) is 2.63.